The number of rotatable bonds is 6. The summed E-state index contributed by atoms with van der Waals surface area (Å²) in [5, 5.41) is 18.9. The van der Waals surface area contributed by atoms with Crippen molar-refractivity contribution in [2.45, 2.75) is 6.42 Å². The van der Waals surface area contributed by atoms with E-state index in [1.807, 2.05) is 0 Å². The van der Waals surface area contributed by atoms with Gasteiger partial charge in [-0.15, -0.1) is 0 Å². The van der Waals surface area contributed by atoms with E-state index in [1.54, 1.807) is 0 Å². The van der Waals surface area contributed by atoms with E-state index in [4.69, 9.17) is 21.4 Å². The fourth-order valence-corrected chi connectivity index (χ4v) is 2.59. The highest BCUT2D eigenvalue weighted by Crippen LogP contribution is 2.32. The number of ketones is 1. The molecule has 1 aromatic carbocycles. The highest BCUT2D eigenvalue weighted by atomic mass is 35.5. The van der Waals surface area contributed by atoms with Gasteiger partial charge >= 0.3 is 11.9 Å². The summed E-state index contributed by atoms with van der Waals surface area (Å²) in [5.74, 6) is -3.24. The number of hydrogen-bond donors (Lipinski definition) is 2. The van der Waals surface area contributed by atoms with Crippen LogP contribution < -0.4 is 4.74 Å². The zero-order chi connectivity index (χ0) is 18.0. The molecule has 1 aromatic heterocycles. The number of benzene rings is 1. The number of methoxy groups -OCH3 is 1. The standard InChI is InChI=1S/C16H14ClNO6/c1-18-10(7-11(19)20)12(16(22)23)15(24-2)13(18)14(21)8-3-5-9(17)6-4-8/h3-6H,7H2,1-2H3,(H,19,20)(H,22,23). The maximum atomic E-state index is 12.7. The van der Waals surface area contributed by atoms with Gasteiger partial charge in [0, 0.05) is 23.3 Å². The van der Waals surface area contributed by atoms with Crippen molar-refractivity contribution < 1.29 is 29.3 Å². The van der Waals surface area contributed by atoms with Crippen LogP contribution in [-0.4, -0.2) is 39.6 Å². The van der Waals surface area contributed by atoms with Crippen LogP contribution in [-0.2, 0) is 18.3 Å². The van der Waals surface area contributed by atoms with Crippen LogP contribution in [0.15, 0.2) is 24.3 Å². The van der Waals surface area contributed by atoms with E-state index in [9.17, 15) is 19.5 Å². The fourth-order valence-electron chi connectivity index (χ4n) is 2.47. The predicted octanol–water partition coefficient (Wildman–Crippen LogP) is 2.24. The summed E-state index contributed by atoms with van der Waals surface area (Å²) in [7, 11) is 2.65. The maximum Gasteiger partial charge on any atom is 0.341 e. The molecule has 0 fully saturated rings. The van der Waals surface area contributed by atoms with Crippen LogP contribution in [0.1, 0.15) is 32.1 Å². The molecule has 2 N–H and O–H groups in total. The summed E-state index contributed by atoms with van der Waals surface area (Å²) in [5.41, 5.74) is -0.116. The first-order valence-electron chi connectivity index (χ1n) is 6.78. The molecule has 7 nitrogen and oxygen atoms in total. The molecule has 0 atom stereocenters. The number of aromatic carboxylic acids is 1. The molecular weight excluding hydrogens is 338 g/mol. The van der Waals surface area contributed by atoms with Gasteiger partial charge in [-0.05, 0) is 24.3 Å². The van der Waals surface area contributed by atoms with Crippen molar-refractivity contribution in [1.29, 1.82) is 0 Å². The van der Waals surface area contributed by atoms with Gasteiger partial charge in [-0.1, -0.05) is 11.6 Å². The van der Waals surface area contributed by atoms with E-state index >= 15 is 0 Å². The molecule has 1 heterocycles. The number of carbonyl (C=O) groups is 3. The van der Waals surface area contributed by atoms with Crippen molar-refractivity contribution in [2.24, 2.45) is 7.05 Å². The van der Waals surface area contributed by atoms with E-state index in [2.05, 4.69) is 0 Å². The van der Waals surface area contributed by atoms with E-state index in [-0.39, 0.29) is 28.3 Å². The Kier molecular flexibility index (Phi) is 4.94. The Morgan fingerprint density at radius 1 is 1.17 bits per heavy atom. The van der Waals surface area contributed by atoms with Gasteiger partial charge in [0.05, 0.1) is 13.5 Å². The molecule has 0 saturated heterocycles. The molecule has 126 valence electrons. The average Bonchev–Trinajstić information content (AvgIpc) is 2.79. The van der Waals surface area contributed by atoms with Gasteiger partial charge in [0.25, 0.3) is 0 Å². The van der Waals surface area contributed by atoms with Gasteiger partial charge in [-0.25, -0.2) is 4.79 Å². The second kappa shape index (κ2) is 6.76. The smallest absolute Gasteiger partial charge is 0.341 e. The summed E-state index contributed by atoms with van der Waals surface area (Å²) in [6, 6.07) is 6.05. The number of carboxylic acid groups (broad SMARTS) is 2. The van der Waals surface area contributed by atoms with E-state index in [0.717, 1.165) is 0 Å². The number of halogens is 1. The minimum Gasteiger partial charge on any atom is -0.493 e. The van der Waals surface area contributed by atoms with Crippen LogP contribution in [0.4, 0.5) is 0 Å². The first-order chi connectivity index (χ1) is 11.3. The third-order valence-corrected chi connectivity index (χ3v) is 3.78. The predicted molar refractivity (Wildman–Crippen MR) is 85.1 cm³/mol. The first-order valence-corrected chi connectivity index (χ1v) is 7.16. The Labute approximate surface area is 142 Å². The Balaban J connectivity index is 2.68. The fraction of sp³-hybridized carbons (Fsp3) is 0.188. The van der Waals surface area contributed by atoms with Crippen molar-refractivity contribution in [3.63, 3.8) is 0 Å². The van der Waals surface area contributed by atoms with Gasteiger partial charge in [0.1, 0.15) is 11.3 Å². The van der Waals surface area contributed by atoms with Crippen LogP contribution in [0.25, 0.3) is 0 Å². The molecule has 0 unspecified atom stereocenters. The van der Waals surface area contributed by atoms with Crippen molar-refractivity contribution in [1.82, 2.24) is 4.57 Å². The lowest BCUT2D eigenvalue weighted by Crippen LogP contribution is -2.13. The van der Waals surface area contributed by atoms with Gasteiger partial charge < -0.3 is 19.5 Å². The molecule has 24 heavy (non-hydrogen) atoms. The highest BCUT2D eigenvalue weighted by molar-refractivity contribution is 6.30. The van der Waals surface area contributed by atoms with Crippen molar-refractivity contribution in [3.8, 4) is 5.75 Å². The number of carbonyl (C=O) groups excluding carboxylic acids is 1. The molecule has 0 amide bonds. The normalized spacial score (nSPS) is 10.5. The third kappa shape index (κ3) is 3.11. The molecule has 0 saturated carbocycles. The summed E-state index contributed by atoms with van der Waals surface area (Å²) in [4.78, 5) is 35.3. The highest BCUT2D eigenvalue weighted by Gasteiger charge is 2.31. The van der Waals surface area contributed by atoms with E-state index in [0.29, 0.717) is 5.02 Å². The molecule has 2 aromatic rings. The number of nitrogens with zero attached hydrogens (tertiary/aromatic N) is 1. The Bertz CT molecular complexity index is 822. The SMILES string of the molecule is COc1c(C(=O)O)c(CC(=O)O)n(C)c1C(=O)c1ccc(Cl)cc1. The second-order valence-corrected chi connectivity index (χ2v) is 5.41. The molecule has 0 aliphatic heterocycles. The number of aliphatic carboxylic acids is 1. The molecule has 2 rings (SSSR count). The molecule has 0 aliphatic carbocycles. The quantitative estimate of drug-likeness (QED) is 0.773. The zero-order valence-electron chi connectivity index (χ0n) is 12.9. The zero-order valence-corrected chi connectivity index (χ0v) is 13.6. The van der Waals surface area contributed by atoms with Gasteiger partial charge in [0.2, 0.25) is 5.78 Å². The molecule has 0 aliphatic rings. The lowest BCUT2D eigenvalue weighted by molar-refractivity contribution is -0.136. The van der Waals surface area contributed by atoms with Gasteiger partial charge in [0.15, 0.2) is 5.75 Å². The average molecular weight is 352 g/mol. The van der Waals surface area contributed by atoms with Crippen LogP contribution in [0.3, 0.4) is 0 Å². The van der Waals surface area contributed by atoms with Crippen LogP contribution in [0.2, 0.25) is 5.02 Å². The molecule has 8 heteroatoms. The largest absolute Gasteiger partial charge is 0.493 e. The van der Waals surface area contributed by atoms with Crippen LogP contribution >= 0.6 is 11.6 Å². The summed E-state index contributed by atoms with van der Waals surface area (Å²) in [6.07, 6.45) is -0.553. The lowest BCUT2D eigenvalue weighted by atomic mass is 10.1. The van der Waals surface area contributed by atoms with Crippen LogP contribution in [0, 0.1) is 0 Å². The molecule has 0 spiro atoms. The van der Waals surface area contributed by atoms with Crippen LogP contribution in [0.5, 0.6) is 5.75 Å². The Morgan fingerprint density at radius 2 is 1.75 bits per heavy atom. The topological polar surface area (TPSA) is 106 Å². The molecule has 0 bridgehead atoms. The number of ether oxygens (including phenoxy) is 1. The maximum absolute atomic E-state index is 12.7. The number of carboxylic acids is 2. The minimum absolute atomic E-state index is 0.0239. The summed E-state index contributed by atoms with van der Waals surface area (Å²) < 4.78 is 6.35. The minimum atomic E-state index is -1.37. The van der Waals surface area contributed by atoms with Crippen molar-refractivity contribution >= 4 is 29.3 Å². The number of aromatic nitrogens is 1. The number of hydrogen-bond acceptors (Lipinski definition) is 4. The van der Waals surface area contributed by atoms with E-state index in [1.165, 1.54) is 43.0 Å². The van der Waals surface area contributed by atoms with Gasteiger partial charge in [-0.2, -0.15) is 0 Å². The second-order valence-electron chi connectivity index (χ2n) is 4.97. The van der Waals surface area contributed by atoms with Gasteiger partial charge in [-0.3, -0.25) is 9.59 Å². The first kappa shape index (κ1) is 17.6. The molecular formula is C16H14ClNO6. The van der Waals surface area contributed by atoms with E-state index < -0.39 is 24.1 Å². The Morgan fingerprint density at radius 3 is 2.21 bits per heavy atom. The summed E-state index contributed by atoms with van der Waals surface area (Å²) in [6.45, 7) is 0. The Hall–Kier alpha value is -2.80. The van der Waals surface area contributed by atoms with Crippen molar-refractivity contribution in [2.75, 3.05) is 7.11 Å². The monoisotopic (exact) mass is 351 g/mol. The lowest BCUT2D eigenvalue weighted by Gasteiger charge is -2.07. The third-order valence-electron chi connectivity index (χ3n) is 3.53. The van der Waals surface area contributed by atoms with Crippen molar-refractivity contribution in [3.05, 3.63) is 51.8 Å². The molecule has 0 radical (unpaired) electrons. The summed E-state index contributed by atoms with van der Waals surface area (Å²) >= 11 is 5.80.